The van der Waals surface area contributed by atoms with Crippen LogP contribution in [0.15, 0.2) is 60.9 Å². The Morgan fingerprint density at radius 2 is 1.95 bits per heavy atom. The van der Waals surface area contributed by atoms with Gasteiger partial charge in [0.05, 0.1) is 17.8 Å². The Balaban J connectivity index is 1.39. The summed E-state index contributed by atoms with van der Waals surface area (Å²) in [6.45, 7) is 2.66. The summed E-state index contributed by atoms with van der Waals surface area (Å²) >= 11 is 0. The molecule has 4 aromatic rings. The zero-order valence-electron chi connectivity index (χ0n) is 20.3. The van der Waals surface area contributed by atoms with Gasteiger partial charge < -0.3 is 14.9 Å². The van der Waals surface area contributed by atoms with Crippen LogP contribution in [0.2, 0.25) is 0 Å². The van der Waals surface area contributed by atoms with Gasteiger partial charge in [0.15, 0.2) is 12.4 Å². The van der Waals surface area contributed by atoms with Crippen molar-refractivity contribution in [2.45, 2.75) is 32.6 Å². The van der Waals surface area contributed by atoms with E-state index in [2.05, 4.69) is 30.3 Å². The van der Waals surface area contributed by atoms with Crippen LogP contribution in [0.3, 0.4) is 0 Å². The number of anilines is 1. The molecule has 4 rings (SSSR count). The van der Waals surface area contributed by atoms with E-state index in [-0.39, 0.29) is 5.75 Å². The number of aromatic nitrogens is 4. The van der Waals surface area contributed by atoms with Crippen molar-refractivity contribution in [3.8, 4) is 17.1 Å². The van der Waals surface area contributed by atoms with Crippen LogP contribution < -0.4 is 10.1 Å². The first-order valence-electron chi connectivity index (χ1n) is 11.4. The maximum atomic E-state index is 12.5. The fourth-order valence-corrected chi connectivity index (χ4v) is 3.41. The van der Waals surface area contributed by atoms with Crippen molar-refractivity contribution in [2.24, 2.45) is 0 Å². The number of amides is 1. The van der Waals surface area contributed by atoms with Gasteiger partial charge in [0.2, 0.25) is 0 Å². The van der Waals surface area contributed by atoms with Gasteiger partial charge in [-0.05, 0) is 49.7 Å². The zero-order chi connectivity index (χ0) is 27.3. The molecule has 0 unspecified atom stereocenters. The number of aromatic amines is 1. The number of rotatable bonds is 8. The van der Waals surface area contributed by atoms with E-state index in [1.165, 1.54) is 13.8 Å². The maximum Gasteiger partial charge on any atom is 0.493 e. The summed E-state index contributed by atoms with van der Waals surface area (Å²) in [5.41, 5.74) is 2.57. The van der Waals surface area contributed by atoms with Gasteiger partial charge >= 0.3 is 12.1 Å². The molecule has 0 aliphatic carbocycles. The first-order chi connectivity index (χ1) is 18.1. The number of carbonyl (C=O) groups is 2. The van der Waals surface area contributed by atoms with Crippen molar-refractivity contribution in [3.63, 3.8) is 0 Å². The summed E-state index contributed by atoms with van der Waals surface area (Å²) in [5.74, 6) is -2.23. The Morgan fingerprint density at radius 3 is 2.71 bits per heavy atom. The Hall–Kier alpha value is -4.68. The van der Waals surface area contributed by atoms with Crippen molar-refractivity contribution in [3.05, 3.63) is 66.5 Å². The van der Waals surface area contributed by atoms with Gasteiger partial charge in [-0.15, -0.1) is 0 Å². The number of nitrogens with zero attached hydrogens (tertiary/aromatic N) is 4. The van der Waals surface area contributed by atoms with Gasteiger partial charge in [-0.3, -0.25) is 9.89 Å². The molecule has 0 radical (unpaired) electrons. The fraction of sp³-hybridized carbons (Fsp3) is 0.240. The summed E-state index contributed by atoms with van der Waals surface area (Å²) in [5, 5.41) is 11.5. The number of fused-ring (bicyclic) bond motifs is 1. The molecule has 2 aromatic carbocycles. The first-order valence-corrected chi connectivity index (χ1v) is 11.4. The van der Waals surface area contributed by atoms with E-state index in [4.69, 9.17) is 4.74 Å². The molecule has 38 heavy (non-hydrogen) atoms. The Labute approximate surface area is 214 Å². The molecule has 0 aliphatic rings. The minimum absolute atomic E-state index is 0.247. The number of ether oxygens (including phenoxy) is 1. The lowest BCUT2D eigenvalue weighted by Gasteiger charge is -2.25. The standard InChI is InChI=1S/C25H23F3N6O4/c1-15(2)34(38-24(36)25(26,27)28)22(35)14-37-19-5-3-4-17(11-19)23-29-9-8-21(32-23)30-12-16-6-7-20-18(10-16)13-31-33-20/h3-11,13,15H,12,14H2,1-2H3,(H,31,33)(H,29,30,32). The minimum Gasteiger partial charge on any atom is -0.484 e. The second kappa shape index (κ2) is 11.2. The summed E-state index contributed by atoms with van der Waals surface area (Å²) in [7, 11) is 0. The SMILES string of the molecule is CC(C)N(OC(=O)C(F)(F)F)C(=O)COc1cccc(-c2nccc(NCc3ccc4[nH]ncc4c3)n2)c1. The third-order valence-corrected chi connectivity index (χ3v) is 5.22. The van der Waals surface area contributed by atoms with Crippen molar-refractivity contribution in [1.82, 2.24) is 25.2 Å². The number of hydrogen-bond acceptors (Lipinski definition) is 8. The van der Waals surface area contributed by atoms with Crippen molar-refractivity contribution < 1.29 is 32.3 Å². The third kappa shape index (κ3) is 6.55. The summed E-state index contributed by atoms with van der Waals surface area (Å²) < 4.78 is 43.1. The van der Waals surface area contributed by atoms with E-state index in [0.29, 0.717) is 28.8 Å². The molecule has 198 valence electrons. The van der Waals surface area contributed by atoms with E-state index in [0.717, 1.165) is 16.5 Å². The van der Waals surface area contributed by atoms with Crippen LogP contribution in [0.25, 0.3) is 22.3 Å². The van der Waals surface area contributed by atoms with Gasteiger partial charge in [0.25, 0.3) is 5.91 Å². The van der Waals surface area contributed by atoms with Crippen LogP contribution in [-0.2, 0) is 21.0 Å². The molecule has 2 aromatic heterocycles. The van der Waals surface area contributed by atoms with E-state index in [1.807, 2.05) is 18.2 Å². The van der Waals surface area contributed by atoms with Gasteiger partial charge in [0.1, 0.15) is 11.6 Å². The highest BCUT2D eigenvalue weighted by atomic mass is 19.4. The second-order valence-electron chi connectivity index (χ2n) is 8.42. The Kier molecular flexibility index (Phi) is 7.74. The molecule has 0 saturated heterocycles. The highest BCUT2D eigenvalue weighted by Crippen LogP contribution is 2.23. The smallest absolute Gasteiger partial charge is 0.484 e. The van der Waals surface area contributed by atoms with Crippen molar-refractivity contribution in [2.75, 3.05) is 11.9 Å². The molecule has 0 aliphatic heterocycles. The predicted octanol–water partition coefficient (Wildman–Crippen LogP) is 4.27. The average Bonchev–Trinajstić information content (AvgIpc) is 3.36. The Morgan fingerprint density at radius 1 is 1.13 bits per heavy atom. The first kappa shape index (κ1) is 26.4. The summed E-state index contributed by atoms with van der Waals surface area (Å²) in [6.07, 6.45) is -1.89. The van der Waals surface area contributed by atoms with Crippen LogP contribution >= 0.6 is 0 Å². The molecule has 0 fully saturated rings. The van der Waals surface area contributed by atoms with E-state index in [9.17, 15) is 22.8 Å². The van der Waals surface area contributed by atoms with Gasteiger partial charge in [-0.25, -0.2) is 14.8 Å². The zero-order valence-corrected chi connectivity index (χ0v) is 20.3. The molecule has 13 heteroatoms. The molecular formula is C25H23F3N6O4. The topological polar surface area (TPSA) is 122 Å². The number of hydroxylamine groups is 2. The van der Waals surface area contributed by atoms with Crippen molar-refractivity contribution in [1.29, 1.82) is 0 Å². The van der Waals surface area contributed by atoms with E-state index < -0.39 is 30.7 Å². The normalized spacial score (nSPS) is 11.4. The van der Waals surface area contributed by atoms with Crippen LogP contribution in [0, 0.1) is 0 Å². The number of alkyl halides is 3. The summed E-state index contributed by atoms with van der Waals surface area (Å²) in [4.78, 5) is 36.5. The molecule has 0 atom stereocenters. The molecule has 0 bridgehead atoms. The highest BCUT2D eigenvalue weighted by Gasteiger charge is 2.43. The fourth-order valence-electron chi connectivity index (χ4n) is 3.41. The lowest BCUT2D eigenvalue weighted by molar-refractivity contribution is -0.242. The number of hydrogen-bond donors (Lipinski definition) is 2. The monoisotopic (exact) mass is 528 g/mol. The molecule has 0 spiro atoms. The molecule has 2 heterocycles. The molecule has 0 saturated carbocycles. The number of H-pyrrole nitrogens is 1. The van der Waals surface area contributed by atoms with Gasteiger partial charge in [-0.2, -0.15) is 23.3 Å². The van der Waals surface area contributed by atoms with Gasteiger partial charge in [-0.1, -0.05) is 18.2 Å². The largest absolute Gasteiger partial charge is 0.493 e. The lowest BCUT2D eigenvalue weighted by Crippen LogP contribution is -2.44. The Bertz CT molecular complexity index is 1440. The van der Waals surface area contributed by atoms with Crippen LogP contribution in [0.4, 0.5) is 19.0 Å². The minimum atomic E-state index is -5.24. The molecule has 1 amide bonds. The maximum absolute atomic E-state index is 12.5. The van der Waals surface area contributed by atoms with Crippen LogP contribution in [0.1, 0.15) is 19.4 Å². The third-order valence-electron chi connectivity index (χ3n) is 5.22. The highest BCUT2D eigenvalue weighted by molar-refractivity contribution is 5.81. The lowest BCUT2D eigenvalue weighted by atomic mass is 10.1. The number of halogens is 3. The van der Waals surface area contributed by atoms with Gasteiger partial charge in [0, 0.05) is 23.7 Å². The molecular weight excluding hydrogens is 505 g/mol. The quantitative estimate of drug-likeness (QED) is 0.325. The second-order valence-corrected chi connectivity index (χ2v) is 8.42. The number of carbonyl (C=O) groups excluding carboxylic acids is 2. The van der Waals surface area contributed by atoms with Crippen molar-refractivity contribution >= 4 is 28.6 Å². The molecule has 10 nitrogen and oxygen atoms in total. The van der Waals surface area contributed by atoms with Crippen LogP contribution in [0.5, 0.6) is 5.75 Å². The number of benzene rings is 2. The number of nitrogens with one attached hydrogen (secondary N) is 2. The predicted molar refractivity (Wildman–Crippen MR) is 131 cm³/mol. The van der Waals surface area contributed by atoms with E-state index in [1.54, 1.807) is 42.7 Å². The van der Waals surface area contributed by atoms with Crippen LogP contribution in [-0.4, -0.2) is 55.9 Å². The van der Waals surface area contributed by atoms with E-state index >= 15 is 0 Å². The summed E-state index contributed by atoms with van der Waals surface area (Å²) in [6, 6.07) is 13.4. The molecule has 2 N–H and O–H groups in total. The average molecular weight is 528 g/mol.